The highest BCUT2D eigenvalue weighted by Gasteiger charge is 2.23. The molecule has 7 nitrogen and oxygen atoms in total. The zero-order chi connectivity index (χ0) is 16.6. The predicted molar refractivity (Wildman–Crippen MR) is 92.5 cm³/mol. The van der Waals surface area contributed by atoms with Gasteiger partial charge in [-0.3, -0.25) is 15.8 Å². The molecule has 24 heavy (non-hydrogen) atoms. The van der Waals surface area contributed by atoms with Crippen LogP contribution in [0, 0.1) is 0 Å². The second kappa shape index (κ2) is 8.98. The third-order valence-electron chi connectivity index (χ3n) is 4.56. The molecule has 0 aliphatic carbocycles. The smallest absolute Gasteiger partial charge is 0.314 e. The van der Waals surface area contributed by atoms with Crippen LogP contribution >= 0.6 is 0 Å². The molecule has 0 radical (unpaired) electrons. The molecule has 2 aliphatic heterocycles. The first-order valence-corrected chi connectivity index (χ1v) is 8.70. The van der Waals surface area contributed by atoms with Gasteiger partial charge in [0.2, 0.25) is 0 Å². The average Bonchev–Trinajstić information content (AvgIpc) is 3.16. The van der Waals surface area contributed by atoms with Crippen LogP contribution in [-0.2, 0) is 4.74 Å². The Bertz CT molecular complexity index is 501. The molecule has 4 N–H and O–H groups in total. The lowest BCUT2D eigenvalue weighted by molar-refractivity contribution is 0.0167. The molecule has 2 heterocycles. The minimum absolute atomic E-state index is 0.113. The number of nitrogens with zero attached hydrogens (tertiary/aromatic N) is 1. The maximum absolute atomic E-state index is 12.1. The summed E-state index contributed by atoms with van der Waals surface area (Å²) in [6.07, 6.45) is 1.03. The van der Waals surface area contributed by atoms with Gasteiger partial charge < -0.3 is 15.4 Å². The molecule has 1 aromatic rings. The van der Waals surface area contributed by atoms with Crippen molar-refractivity contribution in [3.8, 4) is 0 Å². The highest BCUT2D eigenvalue weighted by Crippen LogP contribution is 2.20. The minimum atomic E-state index is -0.113. The van der Waals surface area contributed by atoms with Gasteiger partial charge in [0.25, 0.3) is 0 Å². The number of amides is 2. The number of rotatable bonds is 6. The zero-order valence-electron chi connectivity index (χ0n) is 14.0. The van der Waals surface area contributed by atoms with Gasteiger partial charge in [-0.1, -0.05) is 30.3 Å². The van der Waals surface area contributed by atoms with E-state index in [2.05, 4.69) is 38.5 Å². The number of benzene rings is 1. The maximum atomic E-state index is 12.1. The summed E-state index contributed by atoms with van der Waals surface area (Å²) in [4.78, 5) is 14.5. The third kappa shape index (κ3) is 4.91. The molecule has 2 fully saturated rings. The van der Waals surface area contributed by atoms with Crippen molar-refractivity contribution in [3.63, 3.8) is 0 Å². The molecule has 0 aromatic heterocycles. The third-order valence-corrected chi connectivity index (χ3v) is 4.56. The lowest BCUT2D eigenvalue weighted by Gasteiger charge is -2.35. The van der Waals surface area contributed by atoms with Crippen molar-refractivity contribution in [1.82, 2.24) is 26.4 Å². The number of urea groups is 1. The summed E-state index contributed by atoms with van der Waals surface area (Å²) in [6.45, 7) is 5.44. The Labute approximate surface area is 143 Å². The van der Waals surface area contributed by atoms with Crippen LogP contribution in [0.3, 0.4) is 0 Å². The summed E-state index contributed by atoms with van der Waals surface area (Å²) >= 11 is 0. The van der Waals surface area contributed by atoms with Gasteiger partial charge in [-0.15, -0.1) is 0 Å². The van der Waals surface area contributed by atoms with Gasteiger partial charge in [0.15, 0.2) is 0 Å². The van der Waals surface area contributed by atoms with Gasteiger partial charge in [0, 0.05) is 38.8 Å². The number of carbonyl (C=O) groups is 1. The average molecular weight is 333 g/mol. The lowest BCUT2D eigenvalue weighted by atomic mass is 10.0. The number of hydrazine groups is 1. The molecule has 7 heteroatoms. The van der Waals surface area contributed by atoms with Crippen molar-refractivity contribution in [2.75, 3.05) is 45.9 Å². The van der Waals surface area contributed by atoms with Gasteiger partial charge >= 0.3 is 6.03 Å². The van der Waals surface area contributed by atoms with Crippen LogP contribution in [-0.4, -0.2) is 62.9 Å². The standard InChI is InChI=1S/C17H27N5O2/c23-17(18-12-15-6-7-20-21-15)19-13-16(14-4-2-1-3-5-14)22-8-10-24-11-9-22/h1-5,15-16,20-21H,6-13H2,(H2,18,19,23). The quantitative estimate of drug-likeness (QED) is 0.599. The fourth-order valence-corrected chi connectivity index (χ4v) is 3.18. The van der Waals surface area contributed by atoms with E-state index in [0.29, 0.717) is 19.1 Å². The van der Waals surface area contributed by atoms with Crippen LogP contribution in [0.2, 0.25) is 0 Å². The number of nitrogens with one attached hydrogen (secondary N) is 4. The molecular weight excluding hydrogens is 306 g/mol. The summed E-state index contributed by atoms with van der Waals surface area (Å²) in [5.41, 5.74) is 7.43. The second-order valence-electron chi connectivity index (χ2n) is 6.22. The first-order valence-electron chi connectivity index (χ1n) is 8.70. The summed E-state index contributed by atoms with van der Waals surface area (Å²) < 4.78 is 5.45. The van der Waals surface area contributed by atoms with Crippen molar-refractivity contribution in [3.05, 3.63) is 35.9 Å². The number of hydrogen-bond donors (Lipinski definition) is 4. The fraction of sp³-hybridized carbons (Fsp3) is 0.588. The first kappa shape index (κ1) is 17.2. The highest BCUT2D eigenvalue weighted by molar-refractivity contribution is 5.73. The number of carbonyl (C=O) groups excluding carboxylic acids is 1. The summed E-state index contributed by atoms with van der Waals surface area (Å²) in [5, 5.41) is 5.96. The van der Waals surface area contributed by atoms with Crippen LogP contribution in [0.15, 0.2) is 30.3 Å². The molecule has 0 bridgehead atoms. The van der Waals surface area contributed by atoms with Crippen molar-refractivity contribution in [1.29, 1.82) is 0 Å². The van der Waals surface area contributed by atoms with E-state index in [0.717, 1.165) is 39.3 Å². The number of morpholine rings is 1. The second-order valence-corrected chi connectivity index (χ2v) is 6.22. The minimum Gasteiger partial charge on any atom is -0.379 e. The largest absolute Gasteiger partial charge is 0.379 e. The molecule has 2 atom stereocenters. The molecule has 2 aliphatic rings. The summed E-state index contributed by atoms with van der Waals surface area (Å²) in [6, 6.07) is 10.7. The van der Waals surface area contributed by atoms with Crippen molar-refractivity contribution in [2.45, 2.75) is 18.5 Å². The molecule has 132 valence electrons. The Kier molecular flexibility index (Phi) is 6.42. The number of ether oxygens (including phenoxy) is 1. The normalized spacial score (nSPS) is 22.9. The van der Waals surface area contributed by atoms with E-state index in [1.807, 2.05) is 18.2 Å². The van der Waals surface area contributed by atoms with Crippen LogP contribution in [0.5, 0.6) is 0 Å². The lowest BCUT2D eigenvalue weighted by Crippen LogP contribution is -2.47. The van der Waals surface area contributed by atoms with E-state index in [1.54, 1.807) is 0 Å². The summed E-state index contributed by atoms with van der Waals surface area (Å²) in [5.74, 6) is 0. The Morgan fingerprint density at radius 3 is 2.75 bits per heavy atom. The van der Waals surface area contributed by atoms with E-state index < -0.39 is 0 Å². The molecule has 3 rings (SSSR count). The van der Waals surface area contributed by atoms with Crippen molar-refractivity contribution < 1.29 is 9.53 Å². The van der Waals surface area contributed by atoms with Gasteiger partial charge in [0.1, 0.15) is 0 Å². The van der Waals surface area contributed by atoms with E-state index in [1.165, 1.54) is 5.56 Å². The summed E-state index contributed by atoms with van der Waals surface area (Å²) in [7, 11) is 0. The predicted octanol–water partition coefficient (Wildman–Crippen LogP) is 0.226. The van der Waals surface area contributed by atoms with Crippen LogP contribution in [0.1, 0.15) is 18.0 Å². The molecule has 2 saturated heterocycles. The van der Waals surface area contributed by atoms with E-state index >= 15 is 0 Å². The molecule has 1 aromatic carbocycles. The molecule has 2 unspecified atom stereocenters. The van der Waals surface area contributed by atoms with Crippen molar-refractivity contribution >= 4 is 6.03 Å². The van der Waals surface area contributed by atoms with E-state index in [9.17, 15) is 4.79 Å². The zero-order valence-corrected chi connectivity index (χ0v) is 14.0. The van der Waals surface area contributed by atoms with Crippen LogP contribution in [0.4, 0.5) is 4.79 Å². The van der Waals surface area contributed by atoms with Crippen molar-refractivity contribution in [2.24, 2.45) is 0 Å². The molecular formula is C17H27N5O2. The van der Waals surface area contributed by atoms with E-state index in [-0.39, 0.29) is 12.1 Å². The highest BCUT2D eigenvalue weighted by atomic mass is 16.5. The Morgan fingerprint density at radius 1 is 1.25 bits per heavy atom. The topological polar surface area (TPSA) is 77.7 Å². The van der Waals surface area contributed by atoms with Gasteiger partial charge in [-0.05, 0) is 12.0 Å². The van der Waals surface area contributed by atoms with Gasteiger partial charge in [-0.25, -0.2) is 4.79 Å². The van der Waals surface area contributed by atoms with E-state index in [4.69, 9.17) is 4.74 Å². The Hall–Kier alpha value is -1.67. The van der Waals surface area contributed by atoms with Crippen LogP contribution in [0.25, 0.3) is 0 Å². The Morgan fingerprint density at radius 2 is 2.04 bits per heavy atom. The SMILES string of the molecule is O=C(NCC1CCNN1)NCC(c1ccccc1)N1CCOCC1. The first-order chi connectivity index (χ1) is 11.8. The molecule has 0 spiro atoms. The molecule has 0 saturated carbocycles. The molecule has 2 amide bonds. The fourth-order valence-electron chi connectivity index (χ4n) is 3.18. The number of hydrogen-bond acceptors (Lipinski definition) is 5. The maximum Gasteiger partial charge on any atom is 0.314 e. The van der Waals surface area contributed by atoms with Gasteiger partial charge in [-0.2, -0.15) is 0 Å². The monoisotopic (exact) mass is 333 g/mol. The Balaban J connectivity index is 1.52. The van der Waals surface area contributed by atoms with Gasteiger partial charge in [0.05, 0.1) is 19.3 Å². The van der Waals surface area contributed by atoms with Crippen LogP contribution < -0.4 is 21.5 Å².